The maximum Gasteiger partial charge on any atom is 0.314 e. The highest BCUT2D eigenvalue weighted by Crippen LogP contribution is 2.42. The minimum absolute atomic E-state index is 0.133. The molecule has 1 atom stereocenters. The Balaban J connectivity index is 1.63. The normalized spacial score (nSPS) is 19.1. The molecule has 1 fully saturated rings. The summed E-state index contributed by atoms with van der Waals surface area (Å²) in [6, 6.07) is 6.12. The van der Waals surface area contributed by atoms with E-state index >= 15 is 0 Å². The van der Waals surface area contributed by atoms with E-state index in [1.165, 1.54) is 12.1 Å². The SMILES string of the molecule is C=CC(=O)N1CCCCC(n2c(NC(=O)c3ccnc(C)c3)nc3ccc4c(c32)OCC(F)(F)CO4)C1. The molecule has 0 spiro atoms. The molecule has 0 aliphatic carbocycles. The number of fused-ring (bicyclic) bond motifs is 3. The van der Waals surface area contributed by atoms with E-state index in [4.69, 9.17) is 9.47 Å². The molecule has 3 aromatic rings. The van der Waals surface area contributed by atoms with Gasteiger partial charge in [0.25, 0.3) is 5.91 Å². The molecule has 5 rings (SSSR count). The Kier molecular flexibility index (Phi) is 6.53. The largest absolute Gasteiger partial charge is 0.483 e. The zero-order chi connectivity index (χ0) is 26.2. The van der Waals surface area contributed by atoms with Crippen LogP contribution in [0.5, 0.6) is 11.5 Å². The Morgan fingerprint density at radius 1 is 1.22 bits per heavy atom. The van der Waals surface area contributed by atoms with Crippen molar-refractivity contribution in [3.05, 3.63) is 54.4 Å². The monoisotopic (exact) mass is 511 g/mol. The van der Waals surface area contributed by atoms with Crippen LogP contribution in [0.15, 0.2) is 43.1 Å². The Labute approximate surface area is 212 Å². The van der Waals surface area contributed by atoms with Gasteiger partial charge < -0.3 is 18.9 Å². The van der Waals surface area contributed by atoms with Crippen molar-refractivity contribution in [3.63, 3.8) is 0 Å². The molecule has 0 bridgehead atoms. The fourth-order valence-corrected chi connectivity index (χ4v) is 4.76. The molecule has 9 nitrogen and oxygen atoms in total. The fraction of sp³-hybridized carbons (Fsp3) is 0.385. The quantitative estimate of drug-likeness (QED) is 0.529. The molecule has 4 heterocycles. The van der Waals surface area contributed by atoms with Gasteiger partial charge >= 0.3 is 5.92 Å². The summed E-state index contributed by atoms with van der Waals surface area (Å²) in [6.07, 6.45) is 5.10. The van der Waals surface area contributed by atoms with Gasteiger partial charge in [-0.15, -0.1) is 0 Å². The first kappa shape index (κ1) is 24.7. The van der Waals surface area contributed by atoms with E-state index in [9.17, 15) is 18.4 Å². The average Bonchev–Trinajstić information content (AvgIpc) is 3.00. The number of carbonyl (C=O) groups excluding carboxylic acids is 2. The van der Waals surface area contributed by atoms with Gasteiger partial charge in [-0.1, -0.05) is 6.58 Å². The number of halogens is 2. The predicted molar refractivity (Wildman–Crippen MR) is 132 cm³/mol. The van der Waals surface area contributed by atoms with Crippen LogP contribution in [0.2, 0.25) is 0 Å². The van der Waals surface area contributed by atoms with Crippen LogP contribution in [0.4, 0.5) is 14.7 Å². The summed E-state index contributed by atoms with van der Waals surface area (Å²) in [4.78, 5) is 36.1. The predicted octanol–water partition coefficient (Wildman–Crippen LogP) is 4.14. The second kappa shape index (κ2) is 9.79. The smallest absolute Gasteiger partial charge is 0.314 e. The lowest BCUT2D eigenvalue weighted by Crippen LogP contribution is -2.34. The number of nitrogens with one attached hydrogen (secondary N) is 1. The van der Waals surface area contributed by atoms with E-state index in [0.29, 0.717) is 41.8 Å². The maximum absolute atomic E-state index is 14.1. The summed E-state index contributed by atoms with van der Waals surface area (Å²) in [5.41, 5.74) is 1.95. The number of hydrogen-bond donors (Lipinski definition) is 1. The number of ether oxygens (including phenoxy) is 2. The average molecular weight is 512 g/mol. The third-order valence-corrected chi connectivity index (χ3v) is 6.52. The minimum Gasteiger partial charge on any atom is -0.483 e. The van der Waals surface area contributed by atoms with Gasteiger partial charge in [0.2, 0.25) is 11.9 Å². The number of aryl methyl sites for hydroxylation is 1. The molecule has 37 heavy (non-hydrogen) atoms. The summed E-state index contributed by atoms with van der Waals surface area (Å²) in [5.74, 6) is -3.24. The number of likely N-dealkylation sites (tertiary alicyclic amines) is 1. The standard InChI is InChI=1S/C26H27F2N5O4/c1-3-21(34)32-11-5-4-6-18(13-32)33-22-19(7-8-20-23(22)37-15-26(27,28)14-36-20)30-25(33)31-24(35)17-9-10-29-16(2)12-17/h3,7-10,12,18H,1,4-6,11,13-15H2,2H3,(H,30,31,35). The van der Waals surface area contributed by atoms with E-state index in [1.54, 1.807) is 40.8 Å². The number of aromatic nitrogens is 3. The zero-order valence-electron chi connectivity index (χ0n) is 20.4. The molecular formula is C26H27F2N5O4. The number of rotatable bonds is 4. The molecule has 11 heteroatoms. The van der Waals surface area contributed by atoms with E-state index in [1.807, 2.05) is 0 Å². The number of anilines is 1. The first-order valence-electron chi connectivity index (χ1n) is 12.1. The lowest BCUT2D eigenvalue weighted by Gasteiger charge is -2.26. The minimum atomic E-state index is -3.16. The lowest BCUT2D eigenvalue weighted by molar-refractivity contribution is -0.126. The lowest BCUT2D eigenvalue weighted by atomic mass is 10.1. The van der Waals surface area contributed by atoms with E-state index in [-0.39, 0.29) is 29.4 Å². The Morgan fingerprint density at radius 3 is 2.81 bits per heavy atom. The molecule has 2 aliphatic rings. The highest BCUT2D eigenvalue weighted by molar-refractivity contribution is 6.04. The van der Waals surface area contributed by atoms with Crippen LogP contribution >= 0.6 is 0 Å². The van der Waals surface area contributed by atoms with Crippen molar-refractivity contribution in [1.29, 1.82) is 0 Å². The molecule has 0 radical (unpaired) electrons. The van der Waals surface area contributed by atoms with Gasteiger partial charge in [0.1, 0.15) is 5.52 Å². The van der Waals surface area contributed by atoms with Crippen molar-refractivity contribution in [1.82, 2.24) is 19.4 Å². The first-order chi connectivity index (χ1) is 17.8. The van der Waals surface area contributed by atoms with Gasteiger partial charge in [-0.3, -0.25) is 19.9 Å². The Bertz CT molecular complexity index is 1370. The van der Waals surface area contributed by atoms with Crippen LogP contribution in [-0.4, -0.2) is 63.5 Å². The van der Waals surface area contributed by atoms with Crippen LogP contribution in [0, 0.1) is 6.92 Å². The number of imidazole rings is 1. The summed E-state index contributed by atoms with van der Waals surface area (Å²) in [5, 5.41) is 2.87. The summed E-state index contributed by atoms with van der Waals surface area (Å²) < 4.78 is 41.0. The van der Waals surface area contributed by atoms with Gasteiger partial charge in [0.15, 0.2) is 24.7 Å². The van der Waals surface area contributed by atoms with Crippen LogP contribution in [0.3, 0.4) is 0 Å². The third kappa shape index (κ3) is 4.98. The van der Waals surface area contributed by atoms with E-state index in [2.05, 4.69) is 21.9 Å². The van der Waals surface area contributed by atoms with Crippen molar-refractivity contribution >= 4 is 28.8 Å². The summed E-state index contributed by atoms with van der Waals surface area (Å²) in [6.45, 7) is 4.62. The highest BCUT2D eigenvalue weighted by Gasteiger charge is 2.37. The van der Waals surface area contributed by atoms with Gasteiger partial charge in [-0.05, 0) is 56.5 Å². The second-order valence-corrected chi connectivity index (χ2v) is 9.28. The number of nitrogens with zero attached hydrogens (tertiary/aromatic N) is 4. The van der Waals surface area contributed by atoms with E-state index in [0.717, 1.165) is 12.8 Å². The van der Waals surface area contributed by atoms with Crippen molar-refractivity contribution in [2.24, 2.45) is 0 Å². The molecule has 2 aromatic heterocycles. The summed E-state index contributed by atoms with van der Waals surface area (Å²) in [7, 11) is 0. The number of benzene rings is 1. The second-order valence-electron chi connectivity index (χ2n) is 9.28. The molecule has 1 saturated heterocycles. The van der Waals surface area contributed by atoms with Gasteiger partial charge in [-0.2, -0.15) is 8.78 Å². The maximum atomic E-state index is 14.1. The van der Waals surface area contributed by atoms with Crippen molar-refractivity contribution in [2.75, 3.05) is 31.6 Å². The molecule has 1 N–H and O–H groups in total. The van der Waals surface area contributed by atoms with Crippen LogP contribution in [-0.2, 0) is 4.79 Å². The van der Waals surface area contributed by atoms with Gasteiger partial charge in [-0.25, -0.2) is 4.98 Å². The number of pyridine rings is 1. The molecule has 1 aromatic carbocycles. The van der Waals surface area contributed by atoms with Crippen molar-refractivity contribution in [3.8, 4) is 11.5 Å². The number of alkyl halides is 2. The van der Waals surface area contributed by atoms with Gasteiger partial charge in [0, 0.05) is 30.5 Å². The molecular weight excluding hydrogens is 484 g/mol. The Morgan fingerprint density at radius 2 is 2.03 bits per heavy atom. The van der Waals surface area contributed by atoms with Crippen molar-refractivity contribution < 1.29 is 27.8 Å². The molecule has 194 valence electrons. The topological polar surface area (TPSA) is 98.6 Å². The fourth-order valence-electron chi connectivity index (χ4n) is 4.76. The van der Waals surface area contributed by atoms with Crippen LogP contribution < -0.4 is 14.8 Å². The molecule has 0 saturated carbocycles. The third-order valence-electron chi connectivity index (χ3n) is 6.52. The molecule has 2 amide bonds. The zero-order valence-corrected chi connectivity index (χ0v) is 20.4. The van der Waals surface area contributed by atoms with Crippen LogP contribution in [0.1, 0.15) is 41.4 Å². The van der Waals surface area contributed by atoms with Gasteiger partial charge in [0.05, 0.1) is 11.6 Å². The van der Waals surface area contributed by atoms with E-state index < -0.39 is 25.0 Å². The number of amides is 2. The van der Waals surface area contributed by atoms with Crippen LogP contribution in [0.25, 0.3) is 11.0 Å². The highest BCUT2D eigenvalue weighted by atomic mass is 19.3. The molecule has 2 aliphatic heterocycles. The Hall–Kier alpha value is -4.02. The number of carbonyl (C=O) groups is 2. The number of hydrogen-bond acceptors (Lipinski definition) is 6. The van der Waals surface area contributed by atoms with Crippen molar-refractivity contribution in [2.45, 2.75) is 38.2 Å². The molecule has 1 unspecified atom stereocenters. The summed E-state index contributed by atoms with van der Waals surface area (Å²) >= 11 is 0. The first-order valence-corrected chi connectivity index (χ1v) is 12.1.